The van der Waals surface area contributed by atoms with Crippen LogP contribution in [0.1, 0.15) is 12.8 Å². The summed E-state index contributed by atoms with van der Waals surface area (Å²) in [7, 11) is -0.944. The maximum atomic E-state index is 14.0. The number of anilines is 3. The number of carbonyl (C=O) groups is 1. The number of nitrogens with zero attached hydrogens (tertiary/aromatic N) is 2. The van der Waals surface area contributed by atoms with Gasteiger partial charge < -0.3 is 5.32 Å². The highest BCUT2D eigenvalue weighted by molar-refractivity contribution is 7.94. The Morgan fingerprint density at radius 1 is 1.33 bits per heavy atom. The van der Waals surface area contributed by atoms with Crippen LogP contribution in [0.25, 0.3) is 0 Å². The number of nitrogens with one attached hydrogen (secondary N) is 1. The van der Waals surface area contributed by atoms with Crippen molar-refractivity contribution in [2.24, 2.45) is 0 Å². The van der Waals surface area contributed by atoms with Crippen molar-refractivity contribution in [3.05, 3.63) is 30.6 Å². The number of rotatable bonds is 4. The third-order valence-electron chi connectivity index (χ3n) is 3.28. The molecule has 0 aliphatic carbocycles. The van der Waals surface area contributed by atoms with Crippen molar-refractivity contribution in [3.63, 3.8) is 0 Å². The minimum absolute atomic E-state index is 0.0415. The van der Waals surface area contributed by atoms with Crippen LogP contribution in [-0.4, -0.2) is 28.4 Å². The predicted octanol–water partition coefficient (Wildman–Crippen LogP) is 1.86. The van der Waals surface area contributed by atoms with Gasteiger partial charge in [0.15, 0.2) is 0 Å². The molecule has 0 unspecified atom stereocenters. The molecule has 8 heteroatoms. The van der Waals surface area contributed by atoms with Crippen molar-refractivity contribution in [1.29, 1.82) is 0 Å². The van der Waals surface area contributed by atoms with Crippen molar-refractivity contribution in [2.75, 3.05) is 28.0 Å². The Balaban J connectivity index is 2.35. The minimum Gasteiger partial charge on any atom is -0.324 e. The molecule has 1 aliphatic rings. The standard InChI is InChI=1S/C13H16FN3O3S/c1-4-5-6-13(18)15-10-8-12-11(7-9(10)14)16(2)21(19,20)17(12)3/h4,7-8H,1,5-6H2,2-3H3,(H,15,18). The van der Waals surface area contributed by atoms with Crippen molar-refractivity contribution in [3.8, 4) is 0 Å². The molecule has 0 saturated carbocycles. The Bertz CT molecular complexity index is 703. The molecule has 0 fully saturated rings. The molecule has 1 aromatic carbocycles. The van der Waals surface area contributed by atoms with Crippen LogP contribution in [0.4, 0.5) is 21.5 Å². The van der Waals surface area contributed by atoms with Gasteiger partial charge in [0.25, 0.3) is 0 Å². The van der Waals surface area contributed by atoms with E-state index in [0.29, 0.717) is 12.1 Å². The normalized spacial score (nSPS) is 15.8. The lowest BCUT2D eigenvalue weighted by molar-refractivity contribution is -0.116. The van der Waals surface area contributed by atoms with Crippen LogP contribution in [0.2, 0.25) is 0 Å². The number of hydrogen-bond donors (Lipinski definition) is 1. The fourth-order valence-corrected chi connectivity index (χ4v) is 3.19. The van der Waals surface area contributed by atoms with Gasteiger partial charge in [-0.1, -0.05) is 6.08 Å². The van der Waals surface area contributed by atoms with Gasteiger partial charge in [-0.25, -0.2) is 4.39 Å². The van der Waals surface area contributed by atoms with Crippen molar-refractivity contribution >= 4 is 33.2 Å². The number of hydrogen-bond acceptors (Lipinski definition) is 3. The number of amides is 1. The van der Waals surface area contributed by atoms with Crippen LogP contribution in [0.3, 0.4) is 0 Å². The van der Waals surface area contributed by atoms with Gasteiger partial charge in [0, 0.05) is 26.6 Å². The summed E-state index contributed by atoms with van der Waals surface area (Å²) in [5, 5.41) is 2.44. The second-order valence-corrected chi connectivity index (χ2v) is 6.63. The lowest BCUT2D eigenvalue weighted by atomic mass is 10.2. The van der Waals surface area contributed by atoms with Gasteiger partial charge in [0.1, 0.15) is 5.82 Å². The average Bonchev–Trinajstić information content (AvgIpc) is 2.59. The lowest BCUT2D eigenvalue weighted by Crippen LogP contribution is -2.32. The molecule has 0 saturated heterocycles. The molecular weight excluding hydrogens is 297 g/mol. The van der Waals surface area contributed by atoms with Crippen molar-refractivity contribution < 1.29 is 17.6 Å². The molecule has 2 rings (SSSR count). The Kier molecular flexibility index (Phi) is 3.91. The van der Waals surface area contributed by atoms with Gasteiger partial charge >= 0.3 is 10.2 Å². The van der Waals surface area contributed by atoms with Gasteiger partial charge in [0.2, 0.25) is 5.91 Å². The van der Waals surface area contributed by atoms with E-state index in [2.05, 4.69) is 11.9 Å². The molecular formula is C13H16FN3O3S. The van der Waals surface area contributed by atoms with E-state index in [0.717, 1.165) is 14.7 Å². The fraction of sp³-hybridized carbons (Fsp3) is 0.308. The largest absolute Gasteiger partial charge is 0.326 e. The lowest BCUT2D eigenvalue weighted by Gasteiger charge is -2.13. The van der Waals surface area contributed by atoms with Gasteiger partial charge in [-0.15, -0.1) is 6.58 Å². The zero-order valence-corrected chi connectivity index (χ0v) is 12.6. The number of allylic oxidation sites excluding steroid dienone is 1. The molecule has 0 atom stereocenters. The van der Waals surface area contributed by atoms with Crippen LogP contribution in [0.5, 0.6) is 0 Å². The van der Waals surface area contributed by atoms with Crippen molar-refractivity contribution in [2.45, 2.75) is 12.8 Å². The average molecular weight is 313 g/mol. The third-order valence-corrected chi connectivity index (χ3v) is 5.06. The molecule has 1 amide bonds. The second kappa shape index (κ2) is 5.36. The van der Waals surface area contributed by atoms with E-state index in [1.54, 1.807) is 6.08 Å². The van der Waals surface area contributed by atoms with Gasteiger partial charge in [-0.3, -0.25) is 13.4 Å². The first kappa shape index (κ1) is 15.3. The van der Waals surface area contributed by atoms with Crippen molar-refractivity contribution in [1.82, 2.24) is 0 Å². The zero-order chi connectivity index (χ0) is 15.8. The van der Waals surface area contributed by atoms with E-state index in [4.69, 9.17) is 0 Å². The topological polar surface area (TPSA) is 69.7 Å². The summed E-state index contributed by atoms with van der Waals surface area (Å²) in [6, 6.07) is 2.41. The molecule has 1 heterocycles. The highest BCUT2D eigenvalue weighted by atomic mass is 32.2. The quantitative estimate of drug-likeness (QED) is 0.863. The monoisotopic (exact) mass is 313 g/mol. The minimum atomic E-state index is -3.66. The molecule has 6 nitrogen and oxygen atoms in total. The number of carbonyl (C=O) groups excluding carboxylic acids is 1. The zero-order valence-electron chi connectivity index (χ0n) is 11.8. The van der Waals surface area contributed by atoms with Crippen LogP contribution in [0, 0.1) is 5.82 Å². The molecule has 21 heavy (non-hydrogen) atoms. The Morgan fingerprint density at radius 2 is 1.90 bits per heavy atom. The van der Waals surface area contributed by atoms with E-state index in [1.165, 1.54) is 20.2 Å². The summed E-state index contributed by atoms with van der Waals surface area (Å²) in [6.07, 6.45) is 2.26. The Labute approximate surface area is 123 Å². The predicted molar refractivity (Wildman–Crippen MR) is 80.2 cm³/mol. The van der Waals surface area contributed by atoms with E-state index in [9.17, 15) is 17.6 Å². The number of halogens is 1. The summed E-state index contributed by atoms with van der Waals surface area (Å²) in [6.45, 7) is 3.51. The molecule has 1 aliphatic heterocycles. The summed E-state index contributed by atoms with van der Waals surface area (Å²) in [5.41, 5.74) is 0.511. The number of fused-ring (bicyclic) bond motifs is 1. The van der Waals surface area contributed by atoms with Crippen LogP contribution >= 0.6 is 0 Å². The number of benzene rings is 1. The van der Waals surface area contributed by atoms with Gasteiger partial charge in [-0.05, 0) is 12.5 Å². The van der Waals surface area contributed by atoms with Gasteiger partial charge in [0.05, 0.1) is 17.1 Å². The highest BCUT2D eigenvalue weighted by Gasteiger charge is 2.36. The highest BCUT2D eigenvalue weighted by Crippen LogP contribution is 2.41. The Hall–Kier alpha value is -2.09. The van der Waals surface area contributed by atoms with E-state index in [1.807, 2.05) is 0 Å². The molecule has 1 aromatic rings. The van der Waals surface area contributed by atoms with Crippen LogP contribution < -0.4 is 13.9 Å². The first-order chi connectivity index (χ1) is 9.78. The summed E-state index contributed by atoms with van der Waals surface area (Å²) >= 11 is 0. The van der Waals surface area contributed by atoms with E-state index in [-0.39, 0.29) is 23.7 Å². The van der Waals surface area contributed by atoms with Crippen LogP contribution in [-0.2, 0) is 15.0 Å². The van der Waals surface area contributed by atoms with E-state index < -0.39 is 16.0 Å². The van der Waals surface area contributed by atoms with Crippen LogP contribution in [0.15, 0.2) is 24.8 Å². The van der Waals surface area contributed by atoms with E-state index >= 15 is 0 Å². The summed E-state index contributed by atoms with van der Waals surface area (Å²) < 4.78 is 40.0. The molecule has 0 bridgehead atoms. The smallest absolute Gasteiger partial charge is 0.324 e. The molecule has 0 radical (unpaired) electrons. The summed E-state index contributed by atoms with van der Waals surface area (Å²) in [4.78, 5) is 11.6. The third kappa shape index (κ3) is 2.58. The summed E-state index contributed by atoms with van der Waals surface area (Å²) in [5.74, 6) is -1.04. The fourth-order valence-electron chi connectivity index (χ4n) is 2.03. The van der Waals surface area contributed by atoms with Gasteiger partial charge in [-0.2, -0.15) is 8.42 Å². The molecule has 1 N–H and O–H groups in total. The first-order valence-electron chi connectivity index (χ1n) is 6.26. The maximum absolute atomic E-state index is 14.0. The molecule has 0 aromatic heterocycles. The Morgan fingerprint density at radius 3 is 2.48 bits per heavy atom. The second-order valence-electron chi connectivity index (χ2n) is 4.64. The first-order valence-corrected chi connectivity index (χ1v) is 7.65. The SMILES string of the molecule is C=CCCC(=O)Nc1cc2c(cc1F)N(C)S(=O)(=O)N2C. The maximum Gasteiger partial charge on any atom is 0.326 e. The molecule has 0 spiro atoms. The molecule has 114 valence electrons.